The summed E-state index contributed by atoms with van der Waals surface area (Å²) in [5, 5.41) is 4.24. The number of hydrogen-bond acceptors (Lipinski definition) is 8. The molecule has 3 atom stereocenters. The predicted molar refractivity (Wildman–Crippen MR) is 218 cm³/mol. The molecule has 4 heterocycles. The first kappa shape index (κ1) is 40.2. The number of urea groups is 1. The smallest absolute Gasteiger partial charge is 0.326 e. The second-order valence-electron chi connectivity index (χ2n) is 15.6. The van der Waals surface area contributed by atoms with Gasteiger partial charge >= 0.3 is 6.03 Å². The lowest BCUT2D eigenvalue weighted by Crippen LogP contribution is -2.63. The van der Waals surface area contributed by atoms with Gasteiger partial charge in [-0.1, -0.05) is 68.3 Å². The van der Waals surface area contributed by atoms with Gasteiger partial charge < -0.3 is 19.7 Å². The van der Waals surface area contributed by atoms with Gasteiger partial charge in [0.05, 0.1) is 48.3 Å². The number of nitrogens with zero attached hydrogens (tertiary/aromatic N) is 6. The maximum atomic E-state index is 15.3. The highest BCUT2D eigenvalue weighted by molar-refractivity contribution is 6.31. The molecule has 3 aromatic rings. The van der Waals surface area contributed by atoms with Crippen LogP contribution in [-0.4, -0.2) is 94.4 Å². The van der Waals surface area contributed by atoms with E-state index in [0.29, 0.717) is 83.7 Å². The maximum absolute atomic E-state index is 15.3. The van der Waals surface area contributed by atoms with Crippen LogP contribution in [0.3, 0.4) is 0 Å². The Bertz CT molecular complexity index is 2020. The van der Waals surface area contributed by atoms with Crippen LogP contribution in [0.1, 0.15) is 70.5 Å². The predicted octanol–water partition coefficient (Wildman–Crippen LogP) is 7.95. The summed E-state index contributed by atoms with van der Waals surface area (Å²) in [5.41, 5.74) is 1.60. The van der Waals surface area contributed by atoms with Gasteiger partial charge in [-0.3, -0.25) is 24.6 Å². The Morgan fingerprint density at radius 1 is 1.04 bits per heavy atom. The third-order valence-corrected chi connectivity index (χ3v) is 11.6. The van der Waals surface area contributed by atoms with Crippen molar-refractivity contribution in [3.05, 3.63) is 99.5 Å². The Labute approximate surface area is 334 Å². The molecule has 1 unspecified atom stereocenters. The lowest BCUT2D eigenvalue weighted by atomic mass is 9.66. The fraction of sp³-hybridized carbons (Fsp3) is 0.452. The number of hydrogen-bond donors (Lipinski definition) is 1. The van der Waals surface area contributed by atoms with Crippen LogP contribution in [-0.2, 0) is 15.7 Å². The van der Waals surface area contributed by atoms with E-state index in [0.717, 1.165) is 11.3 Å². The van der Waals surface area contributed by atoms with Gasteiger partial charge in [0.1, 0.15) is 11.6 Å². The Hall–Kier alpha value is -4.45. The molecular weight excluding hydrogens is 737 g/mol. The van der Waals surface area contributed by atoms with Gasteiger partial charge in [0.2, 0.25) is 11.8 Å². The summed E-state index contributed by atoms with van der Waals surface area (Å²) in [5.74, 6) is 1.32. The molecule has 292 valence electrons. The van der Waals surface area contributed by atoms with Crippen LogP contribution >= 0.6 is 23.2 Å². The fourth-order valence-corrected chi connectivity index (χ4v) is 7.92. The lowest BCUT2D eigenvalue weighted by molar-refractivity contribution is -0.117. The highest BCUT2D eigenvalue weighted by atomic mass is 35.5. The molecule has 1 fully saturated rings. The standard InChI is InChI=1S/C42H51Cl2N7O4/c1-9-55-34-24-35(40(3,4)5)45-25-32(34)38-48-41(6,28-10-14-30(43)15-11-28)42(7,29-12-16-31(44)17-13-29)51(38)39(53)50-22-20-49(21-23-50)26-36(52)47-33-18-19-37(54-8)46-27(33)2/h10,12-19,24-25,28H,9,11,20-23,26H2,1-8H3,(H,47,52)/t28?,41-,42+/m0/s1. The second kappa shape index (κ2) is 16.0. The first-order chi connectivity index (χ1) is 26.1. The molecule has 0 radical (unpaired) electrons. The van der Waals surface area contributed by atoms with Crippen LogP contribution in [0, 0.1) is 12.8 Å². The topological polar surface area (TPSA) is 112 Å². The summed E-state index contributed by atoms with van der Waals surface area (Å²) in [7, 11) is 1.56. The van der Waals surface area contributed by atoms with Crippen LogP contribution in [0.2, 0.25) is 5.02 Å². The van der Waals surface area contributed by atoms with Crippen LogP contribution in [0.15, 0.2) is 76.9 Å². The number of rotatable bonds is 9. The largest absolute Gasteiger partial charge is 0.493 e. The molecule has 1 aliphatic carbocycles. The van der Waals surface area contributed by atoms with E-state index in [-0.39, 0.29) is 29.8 Å². The number of aromatic nitrogens is 2. The number of pyridine rings is 2. The number of benzene rings is 1. The van der Waals surface area contributed by atoms with Crippen LogP contribution in [0.25, 0.3) is 0 Å². The number of piperazine rings is 1. The van der Waals surface area contributed by atoms with E-state index in [2.05, 4.69) is 55.9 Å². The number of ether oxygens (including phenoxy) is 2. The summed E-state index contributed by atoms with van der Waals surface area (Å²) in [6, 6.07) is 13.0. The van der Waals surface area contributed by atoms with Crippen LogP contribution in [0.4, 0.5) is 10.5 Å². The molecule has 2 aromatic heterocycles. The third-order valence-electron chi connectivity index (χ3n) is 11.1. The number of carbonyl (C=O) groups excluding carboxylic acids is 2. The van der Waals surface area contributed by atoms with Gasteiger partial charge in [-0.25, -0.2) is 9.78 Å². The van der Waals surface area contributed by atoms with E-state index in [4.69, 9.17) is 42.7 Å². The van der Waals surface area contributed by atoms with Crippen LogP contribution in [0.5, 0.6) is 11.6 Å². The Morgan fingerprint density at radius 3 is 2.35 bits per heavy atom. The molecule has 1 N–H and O–H groups in total. The van der Waals surface area contributed by atoms with Crippen molar-refractivity contribution in [3.63, 3.8) is 0 Å². The molecule has 2 aliphatic heterocycles. The van der Waals surface area contributed by atoms with Crippen molar-refractivity contribution in [2.45, 2.75) is 71.4 Å². The highest BCUT2D eigenvalue weighted by Crippen LogP contribution is 2.54. The molecule has 13 heteroatoms. The minimum atomic E-state index is -0.996. The van der Waals surface area contributed by atoms with Crippen molar-refractivity contribution < 1.29 is 19.1 Å². The second-order valence-corrected chi connectivity index (χ2v) is 16.5. The molecule has 6 rings (SSSR count). The van der Waals surface area contributed by atoms with Gasteiger partial charge in [0.15, 0.2) is 0 Å². The number of amides is 3. The van der Waals surface area contributed by atoms with E-state index in [1.807, 2.05) is 66.1 Å². The molecule has 11 nitrogen and oxygen atoms in total. The van der Waals surface area contributed by atoms with E-state index in [9.17, 15) is 4.79 Å². The quantitative estimate of drug-likeness (QED) is 0.234. The number of aryl methyl sites for hydroxylation is 1. The van der Waals surface area contributed by atoms with E-state index >= 15 is 4.79 Å². The summed E-state index contributed by atoms with van der Waals surface area (Å²) in [6.07, 6.45) is 8.45. The Balaban J connectivity index is 1.36. The van der Waals surface area contributed by atoms with Gasteiger partial charge in [0, 0.05) is 71.6 Å². The first-order valence-corrected chi connectivity index (χ1v) is 19.5. The van der Waals surface area contributed by atoms with Crippen molar-refractivity contribution in [3.8, 4) is 11.6 Å². The molecule has 55 heavy (non-hydrogen) atoms. The number of allylic oxidation sites excluding steroid dienone is 3. The minimum Gasteiger partial charge on any atom is -0.493 e. The Morgan fingerprint density at radius 2 is 1.75 bits per heavy atom. The zero-order chi connectivity index (χ0) is 39.7. The number of carbonyl (C=O) groups is 2. The molecule has 3 aliphatic rings. The van der Waals surface area contributed by atoms with Crippen molar-refractivity contribution in [2.75, 3.05) is 51.8 Å². The zero-order valence-electron chi connectivity index (χ0n) is 33.0. The van der Waals surface area contributed by atoms with E-state index in [1.54, 1.807) is 25.4 Å². The van der Waals surface area contributed by atoms with E-state index in [1.165, 1.54) is 0 Å². The molecule has 0 bridgehead atoms. The summed E-state index contributed by atoms with van der Waals surface area (Å²) in [6.45, 7) is 16.7. The molecule has 0 spiro atoms. The van der Waals surface area contributed by atoms with Gasteiger partial charge in [-0.15, -0.1) is 0 Å². The SMILES string of the molecule is CCOc1cc(C(C)(C)C)ncc1C1=N[C@@](C)(C2C=CC(Cl)=CC2)[C@@](C)(c2ccc(Cl)cc2)N1C(=O)N1CCN(CC(=O)Nc2ccc(OC)nc2C)CC1. The highest BCUT2D eigenvalue weighted by Gasteiger charge is 2.62. The zero-order valence-corrected chi connectivity index (χ0v) is 34.5. The number of amidine groups is 1. The normalized spacial score (nSPS) is 23.0. The molecule has 1 aromatic carbocycles. The molecule has 3 amide bonds. The average Bonchev–Trinajstić information content (AvgIpc) is 3.40. The van der Waals surface area contributed by atoms with Crippen LogP contribution < -0.4 is 14.8 Å². The average molecular weight is 789 g/mol. The number of nitrogens with one attached hydrogen (secondary N) is 1. The van der Waals surface area contributed by atoms with Crippen molar-refractivity contribution in [2.24, 2.45) is 10.9 Å². The Kier molecular flexibility index (Phi) is 11.7. The van der Waals surface area contributed by atoms with Gasteiger partial charge in [-0.2, -0.15) is 0 Å². The molecule has 1 saturated heterocycles. The molecule has 0 saturated carbocycles. The first-order valence-electron chi connectivity index (χ1n) is 18.8. The third kappa shape index (κ3) is 7.97. The van der Waals surface area contributed by atoms with Crippen molar-refractivity contribution >= 4 is 46.7 Å². The lowest BCUT2D eigenvalue weighted by Gasteiger charge is -2.49. The number of halogens is 2. The van der Waals surface area contributed by atoms with E-state index < -0.39 is 11.1 Å². The number of methoxy groups -OCH3 is 1. The van der Waals surface area contributed by atoms with Gasteiger partial charge in [0.25, 0.3) is 0 Å². The number of aliphatic imine (C=N–C) groups is 1. The minimum absolute atomic E-state index is 0.110. The summed E-state index contributed by atoms with van der Waals surface area (Å²) in [4.78, 5) is 49.1. The summed E-state index contributed by atoms with van der Waals surface area (Å²) < 4.78 is 11.5. The fourth-order valence-electron chi connectivity index (χ4n) is 7.64. The number of anilines is 1. The van der Waals surface area contributed by atoms with Crippen molar-refractivity contribution in [1.82, 2.24) is 24.7 Å². The maximum Gasteiger partial charge on any atom is 0.326 e. The van der Waals surface area contributed by atoms with Crippen molar-refractivity contribution in [1.29, 1.82) is 0 Å². The monoisotopic (exact) mass is 787 g/mol. The molecular formula is C42H51Cl2N7O4. The van der Waals surface area contributed by atoms with Gasteiger partial charge in [-0.05, 0) is 64.0 Å². The summed E-state index contributed by atoms with van der Waals surface area (Å²) >= 11 is 12.9.